The quantitative estimate of drug-likeness (QED) is 0.617. The zero-order chi connectivity index (χ0) is 12.3. The second-order valence-corrected chi connectivity index (χ2v) is 4.23. The van der Waals surface area contributed by atoms with Crippen LogP contribution in [0.1, 0.15) is 25.7 Å². The molecule has 92 valence electrons. The molecule has 6 nitrogen and oxygen atoms in total. The monoisotopic (exact) mass is 237 g/mol. The van der Waals surface area contributed by atoms with Crippen LogP contribution in [0.15, 0.2) is 18.3 Å². The molecule has 2 unspecified atom stereocenters. The minimum Gasteiger partial charge on any atom is -0.391 e. The van der Waals surface area contributed by atoms with E-state index < -0.39 is 11.0 Å². The van der Waals surface area contributed by atoms with Crippen LogP contribution in [-0.4, -0.2) is 27.2 Å². The summed E-state index contributed by atoms with van der Waals surface area (Å²) in [7, 11) is 0. The van der Waals surface area contributed by atoms with Crippen molar-refractivity contribution >= 4 is 11.5 Å². The van der Waals surface area contributed by atoms with Crippen LogP contribution in [0.5, 0.6) is 0 Å². The van der Waals surface area contributed by atoms with Crippen molar-refractivity contribution in [2.45, 2.75) is 37.8 Å². The molecule has 1 saturated carbocycles. The fraction of sp³-hybridized carbons (Fsp3) is 0.545. The molecular weight excluding hydrogens is 222 g/mol. The number of pyridine rings is 1. The zero-order valence-corrected chi connectivity index (χ0v) is 9.37. The van der Waals surface area contributed by atoms with Gasteiger partial charge in [-0.3, -0.25) is 10.1 Å². The predicted octanol–water partition coefficient (Wildman–Crippen LogP) is 1.71. The molecule has 0 radical (unpaired) electrons. The maximum atomic E-state index is 10.8. The molecule has 2 atom stereocenters. The van der Waals surface area contributed by atoms with Gasteiger partial charge in [-0.2, -0.15) is 0 Å². The molecule has 0 bridgehead atoms. The lowest BCUT2D eigenvalue weighted by Crippen LogP contribution is -2.36. The fourth-order valence-electron chi connectivity index (χ4n) is 2.11. The largest absolute Gasteiger partial charge is 0.391 e. The molecule has 1 fully saturated rings. The van der Waals surface area contributed by atoms with Crippen LogP contribution in [0.25, 0.3) is 0 Å². The third kappa shape index (κ3) is 2.71. The highest BCUT2D eigenvalue weighted by Gasteiger charge is 2.25. The van der Waals surface area contributed by atoms with Crippen LogP contribution in [0.4, 0.5) is 11.5 Å². The predicted molar refractivity (Wildman–Crippen MR) is 62.8 cm³/mol. The lowest BCUT2D eigenvalue weighted by Gasteiger charge is -2.28. The van der Waals surface area contributed by atoms with Crippen molar-refractivity contribution in [1.82, 2.24) is 4.98 Å². The number of aliphatic hydroxyl groups is 1. The van der Waals surface area contributed by atoms with Crippen LogP contribution >= 0.6 is 0 Å². The number of hydrogen-bond acceptors (Lipinski definition) is 5. The molecule has 0 spiro atoms. The molecule has 1 aliphatic rings. The molecule has 0 aliphatic heterocycles. The van der Waals surface area contributed by atoms with E-state index in [2.05, 4.69) is 10.3 Å². The third-order valence-corrected chi connectivity index (χ3v) is 3.03. The Kier molecular flexibility index (Phi) is 3.53. The molecule has 1 aromatic rings. The van der Waals surface area contributed by atoms with Gasteiger partial charge < -0.3 is 10.4 Å². The Bertz CT molecular complexity index is 411. The van der Waals surface area contributed by atoms with E-state index in [0.29, 0.717) is 0 Å². The molecular formula is C11H15N3O3. The Morgan fingerprint density at radius 1 is 1.47 bits per heavy atom. The van der Waals surface area contributed by atoms with E-state index in [9.17, 15) is 15.2 Å². The second kappa shape index (κ2) is 5.09. The number of rotatable bonds is 3. The van der Waals surface area contributed by atoms with Crippen LogP contribution in [0.3, 0.4) is 0 Å². The molecule has 0 amide bonds. The zero-order valence-electron chi connectivity index (χ0n) is 9.37. The highest BCUT2D eigenvalue weighted by atomic mass is 16.6. The van der Waals surface area contributed by atoms with Crippen molar-refractivity contribution in [3.05, 3.63) is 28.4 Å². The number of nitro groups is 1. The molecule has 17 heavy (non-hydrogen) atoms. The Morgan fingerprint density at radius 3 is 2.94 bits per heavy atom. The molecule has 1 aliphatic carbocycles. The maximum absolute atomic E-state index is 10.8. The van der Waals surface area contributed by atoms with E-state index in [0.717, 1.165) is 25.7 Å². The average molecular weight is 237 g/mol. The number of anilines is 1. The number of aliphatic hydroxyl groups excluding tert-OH is 1. The summed E-state index contributed by atoms with van der Waals surface area (Å²) >= 11 is 0. The van der Waals surface area contributed by atoms with Crippen LogP contribution < -0.4 is 5.32 Å². The van der Waals surface area contributed by atoms with Crippen molar-refractivity contribution in [1.29, 1.82) is 0 Å². The van der Waals surface area contributed by atoms with Crippen LogP contribution in [0, 0.1) is 10.1 Å². The Balaban J connectivity index is 2.14. The summed E-state index contributed by atoms with van der Waals surface area (Å²) in [6.07, 6.45) is 4.63. The van der Waals surface area contributed by atoms with Gasteiger partial charge >= 0.3 is 5.69 Å². The summed E-state index contributed by atoms with van der Waals surface area (Å²) in [5.41, 5.74) is -0.0507. The van der Waals surface area contributed by atoms with Crippen molar-refractivity contribution < 1.29 is 10.0 Å². The molecule has 1 aromatic heterocycles. The van der Waals surface area contributed by atoms with Gasteiger partial charge in [0.1, 0.15) is 0 Å². The highest BCUT2D eigenvalue weighted by molar-refractivity contribution is 5.55. The van der Waals surface area contributed by atoms with E-state index >= 15 is 0 Å². The standard InChI is InChI=1S/C11H15N3O3/c15-10-6-2-1-4-8(10)13-11-9(14(16)17)5-3-7-12-11/h3,5,7-8,10,15H,1-2,4,6H2,(H,12,13). The second-order valence-electron chi connectivity index (χ2n) is 4.23. The van der Waals surface area contributed by atoms with Gasteiger partial charge in [0.25, 0.3) is 0 Å². The van der Waals surface area contributed by atoms with Gasteiger partial charge in [0.15, 0.2) is 0 Å². The van der Waals surface area contributed by atoms with Crippen molar-refractivity contribution in [3.63, 3.8) is 0 Å². The first-order chi connectivity index (χ1) is 8.18. The maximum Gasteiger partial charge on any atom is 0.311 e. The number of nitrogens with one attached hydrogen (secondary N) is 1. The van der Waals surface area contributed by atoms with E-state index in [1.165, 1.54) is 18.3 Å². The lowest BCUT2D eigenvalue weighted by atomic mass is 9.92. The topological polar surface area (TPSA) is 88.3 Å². The van der Waals surface area contributed by atoms with Crippen LogP contribution in [-0.2, 0) is 0 Å². The number of nitrogens with zero attached hydrogens (tertiary/aromatic N) is 2. The molecule has 1 heterocycles. The minimum absolute atomic E-state index is 0.0507. The first-order valence-corrected chi connectivity index (χ1v) is 5.72. The van der Waals surface area contributed by atoms with Crippen molar-refractivity contribution in [2.75, 3.05) is 5.32 Å². The summed E-state index contributed by atoms with van der Waals surface area (Å²) in [5, 5.41) is 23.6. The van der Waals surface area contributed by atoms with Gasteiger partial charge in [0.05, 0.1) is 17.1 Å². The van der Waals surface area contributed by atoms with Crippen LogP contribution in [0.2, 0.25) is 0 Å². The summed E-state index contributed by atoms with van der Waals surface area (Å²) in [5.74, 6) is 0.239. The Morgan fingerprint density at radius 2 is 2.24 bits per heavy atom. The van der Waals surface area contributed by atoms with E-state index in [4.69, 9.17) is 0 Å². The highest BCUT2D eigenvalue weighted by Crippen LogP contribution is 2.26. The lowest BCUT2D eigenvalue weighted by molar-refractivity contribution is -0.384. The van der Waals surface area contributed by atoms with E-state index in [1.54, 1.807) is 0 Å². The molecule has 0 aromatic carbocycles. The molecule has 0 saturated heterocycles. The minimum atomic E-state index is -0.468. The average Bonchev–Trinajstić information content (AvgIpc) is 2.32. The summed E-state index contributed by atoms with van der Waals surface area (Å²) < 4.78 is 0. The van der Waals surface area contributed by atoms with Gasteiger partial charge in [-0.1, -0.05) is 12.8 Å². The molecule has 2 rings (SSSR count). The normalized spacial score (nSPS) is 24.3. The first kappa shape index (κ1) is 11.8. The van der Waals surface area contributed by atoms with Gasteiger partial charge in [-0.25, -0.2) is 4.98 Å². The fourth-order valence-corrected chi connectivity index (χ4v) is 2.11. The van der Waals surface area contributed by atoms with Crippen molar-refractivity contribution in [3.8, 4) is 0 Å². The smallest absolute Gasteiger partial charge is 0.311 e. The number of hydrogen-bond donors (Lipinski definition) is 2. The van der Waals surface area contributed by atoms with E-state index in [-0.39, 0.29) is 17.5 Å². The van der Waals surface area contributed by atoms with Crippen molar-refractivity contribution in [2.24, 2.45) is 0 Å². The third-order valence-electron chi connectivity index (χ3n) is 3.03. The van der Waals surface area contributed by atoms with E-state index in [1.807, 2.05) is 0 Å². The van der Waals surface area contributed by atoms with Gasteiger partial charge in [0, 0.05) is 12.3 Å². The summed E-state index contributed by atoms with van der Waals surface area (Å²) in [4.78, 5) is 14.3. The van der Waals surface area contributed by atoms with Gasteiger partial charge in [-0.05, 0) is 18.9 Å². The Hall–Kier alpha value is -1.69. The van der Waals surface area contributed by atoms with Gasteiger partial charge in [-0.15, -0.1) is 0 Å². The summed E-state index contributed by atoms with van der Waals surface area (Å²) in [6.45, 7) is 0. The number of aromatic nitrogens is 1. The molecule has 2 N–H and O–H groups in total. The SMILES string of the molecule is O=[N+]([O-])c1cccnc1NC1CCCCC1O. The first-order valence-electron chi connectivity index (χ1n) is 5.72. The van der Waals surface area contributed by atoms with Gasteiger partial charge in [0.2, 0.25) is 5.82 Å². The molecule has 6 heteroatoms. The summed E-state index contributed by atoms with van der Waals surface area (Å²) in [6, 6.07) is 2.79. The Labute approximate surface area is 98.8 Å².